The quantitative estimate of drug-likeness (QED) is 0.127. The van der Waals surface area contributed by atoms with Crippen LogP contribution in [0.15, 0.2) is 170 Å². The summed E-state index contributed by atoms with van der Waals surface area (Å²) in [6.45, 7) is 21.9. The molecule has 0 aromatic heterocycles. The van der Waals surface area contributed by atoms with Crippen LogP contribution in [0.5, 0.6) is 0 Å². The fraction of sp³-hybridized carbons (Fsp3) is 0.167. The van der Waals surface area contributed by atoms with E-state index in [2.05, 4.69) is 249 Å². The van der Waals surface area contributed by atoms with E-state index in [0.29, 0.717) is 0 Å². The van der Waals surface area contributed by atoms with Crippen molar-refractivity contribution in [3.8, 4) is 22.3 Å². The molecule has 0 saturated heterocycles. The Labute approximate surface area is 370 Å². The number of rotatable bonds is 10. The van der Waals surface area contributed by atoms with Crippen molar-refractivity contribution in [3.05, 3.63) is 225 Å². The Morgan fingerprint density at radius 1 is 0.242 bits per heavy atom. The number of anilines is 6. The van der Waals surface area contributed by atoms with Gasteiger partial charge in [0.2, 0.25) is 0 Å². The molecule has 0 fully saturated rings. The summed E-state index contributed by atoms with van der Waals surface area (Å²) in [6, 6.07) is 62.9. The second kappa shape index (κ2) is 17.6. The lowest BCUT2D eigenvalue weighted by Crippen LogP contribution is -2.10. The van der Waals surface area contributed by atoms with Gasteiger partial charge in [-0.2, -0.15) is 0 Å². The molecule has 0 unspecified atom stereocenters. The number of allylic oxidation sites excluding steroid dienone is 2. The average molecular weight is 807 g/mol. The van der Waals surface area contributed by atoms with Gasteiger partial charge in [-0.3, -0.25) is 0 Å². The number of nitrogens with zero attached hydrogens (tertiary/aromatic N) is 2. The average Bonchev–Trinajstić information content (AvgIpc) is 3.29. The number of hydrogen-bond acceptors (Lipinski definition) is 2. The molecule has 0 radical (unpaired) electrons. The van der Waals surface area contributed by atoms with Crippen molar-refractivity contribution >= 4 is 45.3 Å². The van der Waals surface area contributed by atoms with Crippen LogP contribution >= 0.6 is 0 Å². The number of hydrogen-bond donors (Lipinski definition) is 0. The van der Waals surface area contributed by atoms with Gasteiger partial charge in [0, 0.05) is 34.1 Å². The molecular formula is C60H58N2. The lowest BCUT2D eigenvalue weighted by molar-refractivity contribution is 1.23. The van der Waals surface area contributed by atoms with Gasteiger partial charge in [-0.25, -0.2) is 0 Å². The minimum Gasteiger partial charge on any atom is -0.310 e. The Bertz CT molecular complexity index is 2610. The molecule has 8 aromatic carbocycles. The van der Waals surface area contributed by atoms with Crippen molar-refractivity contribution in [1.29, 1.82) is 0 Å². The van der Waals surface area contributed by atoms with E-state index in [4.69, 9.17) is 0 Å². The van der Waals surface area contributed by atoms with Crippen molar-refractivity contribution in [2.75, 3.05) is 9.80 Å². The Hall–Kier alpha value is -6.90. The molecule has 0 heterocycles. The molecular weight excluding hydrogens is 749 g/mol. The molecule has 2 heteroatoms. The third kappa shape index (κ3) is 8.65. The van der Waals surface area contributed by atoms with Gasteiger partial charge in [0.05, 0.1) is 0 Å². The molecule has 308 valence electrons. The maximum atomic E-state index is 2.36. The van der Waals surface area contributed by atoms with Crippen molar-refractivity contribution in [3.63, 3.8) is 0 Å². The van der Waals surface area contributed by atoms with Crippen molar-refractivity contribution in [2.45, 2.75) is 69.2 Å². The van der Waals surface area contributed by atoms with Gasteiger partial charge in [-0.15, -0.1) is 0 Å². The maximum Gasteiger partial charge on any atom is 0.0464 e. The molecule has 0 aliphatic carbocycles. The van der Waals surface area contributed by atoms with E-state index in [9.17, 15) is 0 Å². The van der Waals surface area contributed by atoms with E-state index in [1.165, 1.54) is 112 Å². The van der Waals surface area contributed by atoms with E-state index in [-0.39, 0.29) is 0 Å². The summed E-state index contributed by atoms with van der Waals surface area (Å²) in [7, 11) is 0. The fourth-order valence-corrected chi connectivity index (χ4v) is 8.22. The molecule has 2 nitrogen and oxygen atoms in total. The minimum atomic E-state index is 1.14. The van der Waals surface area contributed by atoms with Crippen molar-refractivity contribution in [2.24, 2.45) is 0 Å². The highest BCUT2D eigenvalue weighted by atomic mass is 15.1. The summed E-state index contributed by atoms with van der Waals surface area (Å²) in [6.07, 6.45) is 0. The number of aryl methyl sites for hydroxylation is 8. The first kappa shape index (κ1) is 41.8. The first-order chi connectivity index (χ1) is 29.8. The summed E-state index contributed by atoms with van der Waals surface area (Å²) in [5.41, 5.74) is 27.1. The van der Waals surface area contributed by atoms with E-state index in [1.807, 2.05) is 0 Å². The molecule has 0 saturated carbocycles. The van der Waals surface area contributed by atoms with Crippen LogP contribution in [0.1, 0.15) is 69.5 Å². The lowest BCUT2D eigenvalue weighted by Gasteiger charge is -2.27. The molecule has 0 aliphatic heterocycles. The highest BCUT2D eigenvalue weighted by Crippen LogP contribution is 2.39. The molecule has 8 rings (SSSR count). The third-order valence-corrected chi connectivity index (χ3v) is 13.1. The van der Waals surface area contributed by atoms with Gasteiger partial charge in [-0.05, 0) is 231 Å². The minimum absolute atomic E-state index is 1.14. The molecule has 0 atom stereocenters. The normalized spacial score (nSPS) is 11.6. The smallest absolute Gasteiger partial charge is 0.0464 e. The lowest BCUT2D eigenvalue weighted by atomic mass is 9.94. The molecule has 62 heavy (non-hydrogen) atoms. The monoisotopic (exact) mass is 806 g/mol. The molecule has 0 N–H and O–H groups in total. The SMILES string of the molecule is CC(=C(C)c1ccc(-c2ccc(N(c3ccc(C)c(C)c3)c3ccc(C)c(C)c3)cc2)cc1)c1ccc(-c2ccc(N(c3ccc(C)c(C)c3)c3ccc(C)c(C)c3)cc2)cc1. The van der Waals surface area contributed by atoms with Crippen LogP contribution in [0.3, 0.4) is 0 Å². The van der Waals surface area contributed by atoms with Crippen LogP contribution in [-0.2, 0) is 0 Å². The molecule has 0 aliphatic rings. The largest absolute Gasteiger partial charge is 0.310 e. The first-order valence-electron chi connectivity index (χ1n) is 21.8. The number of benzene rings is 8. The van der Waals surface area contributed by atoms with E-state index < -0.39 is 0 Å². The Kier molecular flexibility index (Phi) is 11.9. The van der Waals surface area contributed by atoms with E-state index in [1.54, 1.807) is 0 Å². The fourth-order valence-electron chi connectivity index (χ4n) is 8.22. The Balaban J connectivity index is 0.998. The first-order valence-corrected chi connectivity index (χ1v) is 21.8. The summed E-state index contributed by atoms with van der Waals surface area (Å²) in [5.74, 6) is 0. The summed E-state index contributed by atoms with van der Waals surface area (Å²) >= 11 is 0. The van der Waals surface area contributed by atoms with E-state index in [0.717, 1.165) is 11.4 Å². The summed E-state index contributed by atoms with van der Waals surface area (Å²) in [4.78, 5) is 4.72. The zero-order valence-corrected chi connectivity index (χ0v) is 38.1. The predicted octanol–water partition coefficient (Wildman–Crippen LogP) is 17.4. The van der Waals surface area contributed by atoms with Gasteiger partial charge in [0.1, 0.15) is 0 Å². The van der Waals surface area contributed by atoms with Crippen molar-refractivity contribution in [1.82, 2.24) is 0 Å². The highest BCUT2D eigenvalue weighted by molar-refractivity contribution is 5.90. The summed E-state index contributed by atoms with van der Waals surface area (Å²) in [5, 5.41) is 0. The van der Waals surface area contributed by atoms with Crippen LogP contribution in [0, 0.1) is 55.4 Å². The molecule has 0 bridgehead atoms. The third-order valence-electron chi connectivity index (χ3n) is 13.1. The van der Waals surface area contributed by atoms with Crippen LogP contribution in [0.25, 0.3) is 33.4 Å². The summed E-state index contributed by atoms with van der Waals surface area (Å²) < 4.78 is 0. The molecule has 8 aromatic rings. The zero-order chi connectivity index (χ0) is 43.7. The van der Waals surface area contributed by atoms with Crippen molar-refractivity contribution < 1.29 is 0 Å². The second-order valence-electron chi connectivity index (χ2n) is 17.2. The standard InChI is InChI=1S/C60H58N2/c1-39-11-27-57(35-43(39)5)61(58-28-12-40(2)44(6)36-58)55-31-23-53(24-32-55)51-19-15-49(16-20-51)47(9)48(10)50-17-21-52(22-18-50)54-25-33-56(34-26-54)62(59-29-13-41(3)45(7)37-59)60-30-14-42(4)46(8)38-60/h11-38H,1-10H3. The van der Waals surface area contributed by atoms with Gasteiger partial charge >= 0.3 is 0 Å². The zero-order valence-electron chi connectivity index (χ0n) is 38.1. The topological polar surface area (TPSA) is 6.48 Å². The predicted molar refractivity (Wildman–Crippen MR) is 269 cm³/mol. The van der Waals surface area contributed by atoms with Gasteiger partial charge in [0.15, 0.2) is 0 Å². The van der Waals surface area contributed by atoms with Crippen LogP contribution < -0.4 is 9.80 Å². The molecule has 0 spiro atoms. The second-order valence-corrected chi connectivity index (χ2v) is 17.2. The maximum absolute atomic E-state index is 2.36. The van der Waals surface area contributed by atoms with Crippen LogP contribution in [-0.4, -0.2) is 0 Å². The van der Waals surface area contributed by atoms with Crippen LogP contribution in [0.4, 0.5) is 34.1 Å². The van der Waals surface area contributed by atoms with Gasteiger partial charge in [-0.1, -0.05) is 97.1 Å². The molecule has 0 amide bonds. The van der Waals surface area contributed by atoms with Crippen LogP contribution in [0.2, 0.25) is 0 Å². The van der Waals surface area contributed by atoms with E-state index >= 15 is 0 Å². The highest BCUT2D eigenvalue weighted by Gasteiger charge is 2.17. The Morgan fingerprint density at radius 2 is 0.452 bits per heavy atom. The van der Waals surface area contributed by atoms with Gasteiger partial charge < -0.3 is 9.80 Å². The Morgan fingerprint density at radius 3 is 0.677 bits per heavy atom. The van der Waals surface area contributed by atoms with Gasteiger partial charge in [0.25, 0.3) is 0 Å².